The molecule has 0 aliphatic heterocycles. The van der Waals surface area contributed by atoms with Crippen LogP contribution in [0.3, 0.4) is 0 Å². The first-order chi connectivity index (χ1) is 15.1. The van der Waals surface area contributed by atoms with E-state index in [1.165, 1.54) is 12.8 Å². The zero-order valence-corrected chi connectivity index (χ0v) is 17.2. The summed E-state index contributed by atoms with van der Waals surface area (Å²) in [4.78, 5) is 19.7. The number of imidazole rings is 1. The largest absolute Gasteiger partial charge is 0.483 e. The maximum atomic E-state index is 12.0. The second-order valence-electron chi connectivity index (χ2n) is 7.62. The van der Waals surface area contributed by atoms with Gasteiger partial charge in [0, 0.05) is 18.3 Å². The highest BCUT2D eigenvalue weighted by Crippen LogP contribution is 2.27. The Balaban J connectivity index is 1.38. The number of aromatic nitrogens is 2. The van der Waals surface area contributed by atoms with E-state index in [2.05, 4.69) is 20.6 Å². The van der Waals surface area contributed by atoms with E-state index in [9.17, 15) is 4.79 Å². The van der Waals surface area contributed by atoms with Gasteiger partial charge in [-0.3, -0.25) is 10.2 Å². The van der Waals surface area contributed by atoms with Crippen LogP contribution in [0.15, 0.2) is 54.7 Å². The molecule has 0 atom stereocenters. The number of carbonyl (C=O) groups excluding carboxylic acids is 1. The second-order valence-corrected chi connectivity index (χ2v) is 7.62. The van der Waals surface area contributed by atoms with Crippen molar-refractivity contribution in [2.75, 3.05) is 18.5 Å². The van der Waals surface area contributed by atoms with Crippen molar-refractivity contribution in [1.82, 2.24) is 15.3 Å². The lowest BCUT2D eigenvalue weighted by atomic mass is 10.1. The Morgan fingerprint density at radius 1 is 1.23 bits per heavy atom. The first-order valence-electron chi connectivity index (χ1n) is 10.3. The average Bonchev–Trinajstić information content (AvgIpc) is 3.50. The summed E-state index contributed by atoms with van der Waals surface area (Å²) in [6.45, 7) is 1.06. The van der Waals surface area contributed by atoms with Crippen LogP contribution in [-0.4, -0.2) is 34.9 Å². The highest BCUT2D eigenvalue weighted by molar-refractivity contribution is 5.98. The molecule has 2 aromatic carbocycles. The van der Waals surface area contributed by atoms with Crippen molar-refractivity contribution in [3.8, 4) is 17.0 Å². The van der Waals surface area contributed by atoms with Gasteiger partial charge in [0.25, 0.3) is 5.91 Å². The molecule has 1 aliphatic carbocycles. The van der Waals surface area contributed by atoms with Crippen LogP contribution in [0.25, 0.3) is 11.3 Å². The van der Waals surface area contributed by atoms with Gasteiger partial charge in [0.05, 0.1) is 24.0 Å². The molecule has 1 saturated carbocycles. The number of amidine groups is 1. The number of amides is 1. The number of rotatable bonds is 10. The molecule has 160 valence electrons. The molecule has 8 heteroatoms. The number of nitrogens with one attached hydrogen (secondary N) is 4. The molecule has 0 bridgehead atoms. The minimum absolute atomic E-state index is 0.113. The number of nitrogens with zero attached hydrogens (tertiary/aromatic N) is 1. The van der Waals surface area contributed by atoms with Gasteiger partial charge in [-0.15, -0.1) is 0 Å². The number of hydrogen-bond acceptors (Lipinski definition) is 5. The average molecular weight is 419 g/mol. The Kier molecular flexibility index (Phi) is 6.16. The molecular formula is C23H26N6O2. The van der Waals surface area contributed by atoms with E-state index in [-0.39, 0.29) is 18.3 Å². The SMILES string of the molecule is N=C(N)c1ccc(NCc2ncc(-c3ccccc3)[nH]2)cc1OCC(=O)NCC1CC1. The summed E-state index contributed by atoms with van der Waals surface area (Å²) >= 11 is 0. The summed E-state index contributed by atoms with van der Waals surface area (Å²) in [5.74, 6) is 1.50. The summed E-state index contributed by atoms with van der Waals surface area (Å²) in [5, 5.41) is 13.9. The molecular weight excluding hydrogens is 392 g/mol. The van der Waals surface area contributed by atoms with Crippen molar-refractivity contribution in [1.29, 1.82) is 5.41 Å². The molecule has 1 amide bonds. The fraction of sp³-hybridized carbons (Fsp3) is 0.261. The molecule has 1 fully saturated rings. The third-order valence-corrected chi connectivity index (χ3v) is 5.09. The van der Waals surface area contributed by atoms with E-state index < -0.39 is 0 Å². The summed E-state index contributed by atoms with van der Waals surface area (Å²) < 4.78 is 5.67. The lowest BCUT2D eigenvalue weighted by molar-refractivity contribution is -0.123. The number of benzene rings is 2. The maximum Gasteiger partial charge on any atom is 0.257 e. The number of aromatic amines is 1. The van der Waals surface area contributed by atoms with E-state index in [0.29, 0.717) is 30.3 Å². The number of carbonyl (C=O) groups is 1. The molecule has 1 heterocycles. The number of hydrogen-bond donors (Lipinski definition) is 5. The number of ether oxygens (including phenoxy) is 1. The zero-order valence-electron chi connectivity index (χ0n) is 17.2. The van der Waals surface area contributed by atoms with Crippen LogP contribution in [-0.2, 0) is 11.3 Å². The molecule has 6 N–H and O–H groups in total. The van der Waals surface area contributed by atoms with Crippen LogP contribution in [0, 0.1) is 11.3 Å². The molecule has 0 unspecified atom stereocenters. The van der Waals surface area contributed by atoms with Crippen LogP contribution < -0.4 is 21.1 Å². The van der Waals surface area contributed by atoms with Crippen molar-refractivity contribution >= 4 is 17.4 Å². The Labute approximate surface area is 180 Å². The van der Waals surface area contributed by atoms with Gasteiger partial charge in [-0.2, -0.15) is 0 Å². The third-order valence-electron chi connectivity index (χ3n) is 5.09. The van der Waals surface area contributed by atoms with Crippen molar-refractivity contribution < 1.29 is 9.53 Å². The monoisotopic (exact) mass is 418 g/mol. The fourth-order valence-electron chi connectivity index (χ4n) is 3.15. The minimum Gasteiger partial charge on any atom is -0.483 e. The Morgan fingerprint density at radius 2 is 2.03 bits per heavy atom. The molecule has 31 heavy (non-hydrogen) atoms. The van der Waals surface area contributed by atoms with Crippen LogP contribution in [0.2, 0.25) is 0 Å². The van der Waals surface area contributed by atoms with Crippen LogP contribution in [0.4, 0.5) is 5.69 Å². The van der Waals surface area contributed by atoms with Crippen molar-refractivity contribution in [2.24, 2.45) is 11.7 Å². The van der Waals surface area contributed by atoms with Crippen LogP contribution >= 0.6 is 0 Å². The highest BCUT2D eigenvalue weighted by atomic mass is 16.5. The Hall–Kier alpha value is -3.81. The lowest BCUT2D eigenvalue weighted by Crippen LogP contribution is -2.30. The lowest BCUT2D eigenvalue weighted by Gasteiger charge is -2.13. The van der Waals surface area contributed by atoms with Crippen LogP contribution in [0.1, 0.15) is 24.2 Å². The standard InChI is InChI=1S/C23H26N6O2/c24-23(25)18-9-8-17(10-20(18)31-14-22(30)28-11-15-6-7-15)26-13-21-27-12-19(29-21)16-4-2-1-3-5-16/h1-5,8-10,12,15,26H,6-7,11,13-14H2,(H3,24,25)(H,27,29)(H,28,30). The third kappa shape index (κ3) is 5.63. The number of anilines is 1. The molecule has 4 rings (SSSR count). The van der Waals surface area contributed by atoms with Gasteiger partial charge in [-0.1, -0.05) is 30.3 Å². The van der Waals surface area contributed by atoms with E-state index in [4.69, 9.17) is 15.9 Å². The van der Waals surface area contributed by atoms with Gasteiger partial charge < -0.3 is 26.1 Å². The Bertz CT molecular complexity index is 1060. The first-order valence-corrected chi connectivity index (χ1v) is 10.3. The van der Waals surface area contributed by atoms with Crippen molar-refractivity contribution in [2.45, 2.75) is 19.4 Å². The van der Waals surface area contributed by atoms with Gasteiger partial charge in [0.1, 0.15) is 17.4 Å². The highest BCUT2D eigenvalue weighted by Gasteiger charge is 2.21. The van der Waals surface area contributed by atoms with Gasteiger partial charge in [0.2, 0.25) is 0 Å². The van der Waals surface area contributed by atoms with Gasteiger partial charge >= 0.3 is 0 Å². The van der Waals surface area contributed by atoms with Crippen molar-refractivity contribution in [3.05, 3.63) is 66.1 Å². The molecule has 0 radical (unpaired) electrons. The van der Waals surface area contributed by atoms with Gasteiger partial charge in [-0.25, -0.2) is 4.98 Å². The topological polar surface area (TPSA) is 129 Å². The second kappa shape index (κ2) is 9.34. The summed E-state index contributed by atoms with van der Waals surface area (Å²) in [6.07, 6.45) is 4.15. The molecule has 1 aromatic heterocycles. The number of H-pyrrole nitrogens is 1. The van der Waals surface area contributed by atoms with Gasteiger partial charge in [0.15, 0.2) is 6.61 Å². The molecule has 0 spiro atoms. The van der Waals surface area contributed by atoms with Gasteiger partial charge in [-0.05, 0) is 36.5 Å². The summed E-state index contributed by atoms with van der Waals surface area (Å²) in [5.41, 5.74) is 8.91. The predicted molar refractivity (Wildman–Crippen MR) is 120 cm³/mol. The molecule has 0 saturated heterocycles. The predicted octanol–water partition coefficient (Wildman–Crippen LogP) is 2.88. The number of nitrogens with two attached hydrogens (primary N) is 1. The molecule has 3 aromatic rings. The van der Waals surface area contributed by atoms with Crippen molar-refractivity contribution in [3.63, 3.8) is 0 Å². The molecule has 8 nitrogen and oxygen atoms in total. The quantitative estimate of drug-likeness (QED) is 0.255. The number of nitrogen functional groups attached to an aromatic ring is 1. The van der Waals surface area contributed by atoms with Crippen LogP contribution in [0.5, 0.6) is 5.75 Å². The zero-order chi connectivity index (χ0) is 21.6. The summed E-state index contributed by atoms with van der Waals surface area (Å²) in [7, 11) is 0. The smallest absolute Gasteiger partial charge is 0.257 e. The van der Waals surface area contributed by atoms with E-state index >= 15 is 0 Å². The maximum absolute atomic E-state index is 12.0. The van der Waals surface area contributed by atoms with E-state index in [1.54, 1.807) is 18.3 Å². The van der Waals surface area contributed by atoms with E-state index in [1.807, 2.05) is 36.4 Å². The minimum atomic E-state index is -0.177. The first kappa shape index (κ1) is 20.5. The fourth-order valence-corrected chi connectivity index (χ4v) is 3.15. The molecule has 1 aliphatic rings. The van der Waals surface area contributed by atoms with E-state index in [0.717, 1.165) is 22.8 Å². The normalized spacial score (nSPS) is 12.9. The summed E-state index contributed by atoms with van der Waals surface area (Å²) in [6, 6.07) is 15.3. The Morgan fingerprint density at radius 3 is 2.77 bits per heavy atom.